The third-order valence-corrected chi connectivity index (χ3v) is 3.09. The first-order valence-corrected chi connectivity index (χ1v) is 6.02. The summed E-state index contributed by atoms with van der Waals surface area (Å²) >= 11 is 0. The molecule has 1 N–H and O–H groups in total. The van der Waals surface area contributed by atoms with Crippen molar-refractivity contribution in [1.82, 2.24) is 14.9 Å². The zero-order chi connectivity index (χ0) is 12.1. The zero-order valence-electron chi connectivity index (χ0n) is 10.5. The molecule has 1 aliphatic rings. The van der Waals surface area contributed by atoms with E-state index in [1.54, 1.807) is 13.3 Å². The van der Waals surface area contributed by atoms with Crippen molar-refractivity contribution in [3.63, 3.8) is 0 Å². The van der Waals surface area contributed by atoms with Gasteiger partial charge in [0.15, 0.2) is 0 Å². The molecule has 17 heavy (non-hydrogen) atoms. The van der Waals surface area contributed by atoms with Gasteiger partial charge in [-0.05, 0) is 24.9 Å². The van der Waals surface area contributed by atoms with Crippen molar-refractivity contribution in [3.05, 3.63) is 18.0 Å². The van der Waals surface area contributed by atoms with Crippen molar-refractivity contribution in [2.75, 3.05) is 39.2 Å². The van der Waals surface area contributed by atoms with Crippen LogP contribution in [0.25, 0.3) is 0 Å². The Morgan fingerprint density at radius 2 is 2.47 bits per heavy atom. The Balaban J connectivity index is 1.88. The Labute approximate surface area is 102 Å². The normalized spacial score (nSPS) is 20.7. The van der Waals surface area contributed by atoms with Crippen molar-refractivity contribution in [2.45, 2.75) is 13.0 Å². The average molecular weight is 236 g/mol. The minimum atomic E-state index is 0.672. The molecule has 1 aromatic rings. The number of nitrogens with zero attached hydrogens (tertiary/aromatic N) is 3. The predicted molar refractivity (Wildman–Crippen MR) is 66.8 cm³/mol. The molecule has 1 atom stereocenters. The summed E-state index contributed by atoms with van der Waals surface area (Å²) < 4.78 is 5.20. The number of likely N-dealkylation sites (tertiary alicyclic amines) is 1. The van der Waals surface area contributed by atoms with Crippen LogP contribution in [-0.2, 0) is 11.3 Å². The number of methoxy groups -OCH3 is 1. The van der Waals surface area contributed by atoms with E-state index in [9.17, 15) is 0 Å². The Hall–Kier alpha value is -1.20. The maximum absolute atomic E-state index is 5.20. The Morgan fingerprint density at radius 3 is 3.24 bits per heavy atom. The van der Waals surface area contributed by atoms with E-state index >= 15 is 0 Å². The topological polar surface area (TPSA) is 50.3 Å². The van der Waals surface area contributed by atoms with Gasteiger partial charge in [-0.3, -0.25) is 4.90 Å². The van der Waals surface area contributed by atoms with Crippen LogP contribution < -0.4 is 5.32 Å². The summed E-state index contributed by atoms with van der Waals surface area (Å²) in [4.78, 5) is 11.0. The molecule has 0 spiro atoms. The van der Waals surface area contributed by atoms with Gasteiger partial charge in [0.2, 0.25) is 5.95 Å². The number of anilines is 1. The summed E-state index contributed by atoms with van der Waals surface area (Å²) in [5, 5.41) is 2.96. The quantitative estimate of drug-likeness (QED) is 0.826. The molecule has 0 bridgehead atoms. The van der Waals surface area contributed by atoms with Crippen LogP contribution in [0.4, 0.5) is 5.95 Å². The number of hydrogen-bond donors (Lipinski definition) is 1. The fraction of sp³-hybridized carbons (Fsp3) is 0.667. The minimum absolute atomic E-state index is 0.672. The van der Waals surface area contributed by atoms with Crippen LogP contribution >= 0.6 is 0 Å². The van der Waals surface area contributed by atoms with Crippen LogP contribution in [0.15, 0.2) is 12.3 Å². The Bertz CT molecular complexity index is 358. The lowest BCUT2D eigenvalue weighted by molar-refractivity contribution is 0.152. The van der Waals surface area contributed by atoms with Crippen LogP contribution in [0.3, 0.4) is 0 Å². The summed E-state index contributed by atoms with van der Waals surface area (Å²) in [5.41, 5.74) is 1.07. The third-order valence-electron chi connectivity index (χ3n) is 3.09. The standard InChI is InChI=1S/C12H20N4O/c1-13-12-14-5-3-11(15-12)8-16-6-4-10(7-16)9-17-2/h3,5,10H,4,6-9H2,1-2H3,(H,13,14,15). The molecule has 0 aromatic carbocycles. The van der Waals surface area contributed by atoms with Crippen LogP contribution in [0.2, 0.25) is 0 Å². The summed E-state index contributed by atoms with van der Waals surface area (Å²) in [6, 6.07) is 1.98. The van der Waals surface area contributed by atoms with Crippen LogP contribution in [0, 0.1) is 5.92 Å². The predicted octanol–water partition coefficient (Wildman–Crippen LogP) is 0.987. The molecule has 0 amide bonds. The third kappa shape index (κ3) is 3.38. The van der Waals surface area contributed by atoms with Gasteiger partial charge in [0, 0.05) is 33.4 Å². The SMILES string of the molecule is CNc1nccc(CN2CCC(COC)C2)n1. The maximum Gasteiger partial charge on any atom is 0.222 e. The van der Waals surface area contributed by atoms with E-state index in [2.05, 4.69) is 20.2 Å². The molecule has 2 heterocycles. The van der Waals surface area contributed by atoms with E-state index in [1.165, 1.54) is 6.42 Å². The molecule has 1 fully saturated rings. The fourth-order valence-electron chi connectivity index (χ4n) is 2.26. The van der Waals surface area contributed by atoms with Crippen molar-refractivity contribution in [3.8, 4) is 0 Å². The molecule has 5 heteroatoms. The first kappa shape index (κ1) is 12.3. The molecule has 1 unspecified atom stereocenters. The van der Waals surface area contributed by atoms with Crippen LogP contribution in [-0.4, -0.2) is 48.7 Å². The van der Waals surface area contributed by atoms with E-state index in [1.807, 2.05) is 13.1 Å². The molecule has 0 saturated carbocycles. The second-order valence-corrected chi connectivity index (χ2v) is 4.47. The summed E-state index contributed by atoms with van der Waals surface area (Å²) in [5.74, 6) is 1.36. The summed E-state index contributed by atoms with van der Waals surface area (Å²) in [6.45, 7) is 4.00. The lowest BCUT2D eigenvalue weighted by atomic mass is 10.1. The van der Waals surface area contributed by atoms with Gasteiger partial charge in [0.05, 0.1) is 12.3 Å². The minimum Gasteiger partial charge on any atom is -0.384 e. The van der Waals surface area contributed by atoms with E-state index in [0.717, 1.165) is 31.9 Å². The average Bonchev–Trinajstić information content (AvgIpc) is 2.77. The highest BCUT2D eigenvalue weighted by atomic mass is 16.5. The molecular formula is C12H20N4O. The summed E-state index contributed by atoms with van der Waals surface area (Å²) in [6.07, 6.45) is 3.02. The molecule has 94 valence electrons. The van der Waals surface area contributed by atoms with Gasteiger partial charge in [0.1, 0.15) is 0 Å². The van der Waals surface area contributed by atoms with E-state index < -0.39 is 0 Å². The van der Waals surface area contributed by atoms with Crippen LogP contribution in [0.1, 0.15) is 12.1 Å². The van der Waals surface area contributed by atoms with Crippen molar-refractivity contribution < 1.29 is 4.74 Å². The van der Waals surface area contributed by atoms with Crippen molar-refractivity contribution in [2.24, 2.45) is 5.92 Å². The molecule has 5 nitrogen and oxygen atoms in total. The number of rotatable bonds is 5. The van der Waals surface area contributed by atoms with Crippen LogP contribution in [0.5, 0.6) is 0 Å². The molecule has 2 rings (SSSR count). The van der Waals surface area contributed by atoms with E-state index in [0.29, 0.717) is 11.9 Å². The highest BCUT2D eigenvalue weighted by Gasteiger charge is 2.22. The van der Waals surface area contributed by atoms with Gasteiger partial charge >= 0.3 is 0 Å². The van der Waals surface area contributed by atoms with E-state index in [4.69, 9.17) is 4.74 Å². The molecule has 0 aliphatic carbocycles. The smallest absolute Gasteiger partial charge is 0.222 e. The molecular weight excluding hydrogens is 216 g/mol. The van der Waals surface area contributed by atoms with Gasteiger partial charge in [-0.1, -0.05) is 0 Å². The molecule has 1 saturated heterocycles. The number of hydrogen-bond acceptors (Lipinski definition) is 5. The Morgan fingerprint density at radius 1 is 1.59 bits per heavy atom. The number of ether oxygens (including phenoxy) is 1. The lowest BCUT2D eigenvalue weighted by Crippen LogP contribution is -2.22. The Kier molecular flexibility index (Phi) is 4.28. The zero-order valence-corrected chi connectivity index (χ0v) is 10.5. The summed E-state index contributed by atoms with van der Waals surface area (Å²) in [7, 11) is 3.61. The molecule has 1 aromatic heterocycles. The van der Waals surface area contributed by atoms with Gasteiger partial charge in [0.25, 0.3) is 0 Å². The number of nitrogens with one attached hydrogen (secondary N) is 1. The van der Waals surface area contributed by atoms with Crippen molar-refractivity contribution in [1.29, 1.82) is 0 Å². The highest BCUT2D eigenvalue weighted by Crippen LogP contribution is 2.18. The van der Waals surface area contributed by atoms with Gasteiger partial charge in [-0.15, -0.1) is 0 Å². The number of aromatic nitrogens is 2. The second kappa shape index (κ2) is 5.93. The second-order valence-electron chi connectivity index (χ2n) is 4.47. The first-order chi connectivity index (χ1) is 8.31. The monoisotopic (exact) mass is 236 g/mol. The van der Waals surface area contributed by atoms with Gasteiger partial charge < -0.3 is 10.1 Å². The highest BCUT2D eigenvalue weighted by molar-refractivity contribution is 5.23. The molecule has 1 aliphatic heterocycles. The van der Waals surface area contributed by atoms with Gasteiger partial charge in [-0.2, -0.15) is 0 Å². The lowest BCUT2D eigenvalue weighted by Gasteiger charge is -2.15. The molecule has 0 radical (unpaired) electrons. The largest absolute Gasteiger partial charge is 0.384 e. The van der Waals surface area contributed by atoms with Crippen molar-refractivity contribution >= 4 is 5.95 Å². The van der Waals surface area contributed by atoms with E-state index in [-0.39, 0.29) is 0 Å². The van der Waals surface area contributed by atoms with Gasteiger partial charge in [-0.25, -0.2) is 9.97 Å². The first-order valence-electron chi connectivity index (χ1n) is 6.02. The fourth-order valence-corrected chi connectivity index (χ4v) is 2.26. The maximum atomic E-state index is 5.20.